The quantitative estimate of drug-likeness (QED) is 0.919. The number of carbonyl (C=O) groups is 1. The average molecular weight is 273 g/mol. The molecule has 2 aliphatic heterocycles. The molecule has 0 amide bonds. The Labute approximate surface area is 120 Å². The smallest absolute Gasteiger partial charge is 0.147 e. The van der Waals surface area contributed by atoms with Crippen LogP contribution in [0.4, 0.5) is 5.69 Å². The summed E-state index contributed by atoms with van der Waals surface area (Å²) in [6.45, 7) is 9.23. The van der Waals surface area contributed by atoms with Gasteiger partial charge in [0.25, 0.3) is 0 Å². The van der Waals surface area contributed by atoms with Crippen LogP contribution in [0.5, 0.6) is 0 Å². The number of hydrogen-bond acceptors (Lipinski definition) is 4. The van der Waals surface area contributed by atoms with Crippen molar-refractivity contribution in [3.8, 4) is 0 Å². The van der Waals surface area contributed by atoms with E-state index in [-0.39, 0.29) is 18.0 Å². The summed E-state index contributed by atoms with van der Waals surface area (Å²) in [7, 11) is 0. The number of Topliss-reactive ketones (excluding diaryl/α,β-unsaturated/α-hetero) is 1. The monoisotopic (exact) mass is 273 g/mol. The third-order valence-corrected chi connectivity index (χ3v) is 4.90. The predicted molar refractivity (Wildman–Crippen MR) is 79.6 cm³/mol. The van der Waals surface area contributed by atoms with Gasteiger partial charge in [-0.3, -0.25) is 14.7 Å². The summed E-state index contributed by atoms with van der Waals surface area (Å²) < 4.78 is 0. The molecule has 108 valence electrons. The number of carbonyl (C=O) groups excluding carboxylic acids is 1. The number of nitrogens with one attached hydrogen (secondary N) is 1. The highest BCUT2D eigenvalue weighted by Crippen LogP contribution is 2.51. The zero-order chi connectivity index (χ0) is 14.4. The fourth-order valence-electron chi connectivity index (χ4n) is 4.21. The minimum Gasteiger partial charge on any atom is -0.368 e. The first-order valence-electron chi connectivity index (χ1n) is 7.52. The van der Waals surface area contributed by atoms with Crippen LogP contribution in [0.15, 0.2) is 18.5 Å². The van der Waals surface area contributed by atoms with Gasteiger partial charge in [-0.15, -0.1) is 0 Å². The summed E-state index contributed by atoms with van der Waals surface area (Å²) in [6.07, 6.45) is 4.00. The lowest BCUT2D eigenvalue weighted by molar-refractivity contribution is -0.123. The Balaban J connectivity index is 2.08. The zero-order valence-electron chi connectivity index (χ0n) is 12.6. The first-order chi connectivity index (χ1) is 9.56. The van der Waals surface area contributed by atoms with Gasteiger partial charge in [0.1, 0.15) is 5.78 Å². The third-order valence-electron chi connectivity index (χ3n) is 4.90. The summed E-state index contributed by atoms with van der Waals surface area (Å²) in [5.74, 6) is 1.53. The average Bonchev–Trinajstić information content (AvgIpc) is 2.91. The van der Waals surface area contributed by atoms with Crippen LogP contribution >= 0.6 is 0 Å². The topological polar surface area (TPSA) is 45.2 Å². The highest BCUT2D eigenvalue weighted by atomic mass is 16.1. The Bertz CT molecular complexity index is 528. The van der Waals surface area contributed by atoms with Crippen molar-refractivity contribution in [3.63, 3.8) is 0 Å². The molecule has 1 N–H and O–H groups in total. The van der Waals surface area contributed by atoms with Gasteiger partial charge in [0.15, 0.2) is 0 Å². The second-order valence-corrected chi connectivity index (χ2v) is 6.29. The molecule has 0 aromatic carbocycles. The van der Waals surface area contributed by atoms with Crippen LogP contribution in [0, 0.1) is 11.8 Å². The molecule has 0 bridgehead atoms. The van der Waals surface area contributed by atoms with Crippen LogP contribution in [0.1, 0.15) is 39.2 Å². The largest absolute Gasteiger partial charge is 0.368 e. The second-order valence-electron chi connectivity index (χ2n) is 6.29. The lowest BCUT2D eigenvalue weighted by Gasteiger charge is -2.30. The van der Waals surface area contributed by atoms with E-state index in [1.165, 1.54) is 5.56 Å². The van der Waals surface area contributed by atoms with Crippen LogP contribution in [-0.4, -0.2) is 34.4 Å². The molecule has 1 aromatic heterocycles. The molecule has 4 nitrogen and oxygen atoms in total. The van der Waals surface area contributed by atoms with Crippen molar-refractivity contribution in [2.75, 3.05) is 11.9 Å². The molecule has 1 fully saturated rings. The normalized spacial score (nSPS) is 32.0. The number of fused-ring (bicyclic) bond motifs is 3. The predicted octanol–water partition coefficient (Wildman–Crippen LogP) is 2.48. The third kappa shape index (κ3) is 1.78. The number of anilines is 1. The van der Waals surface area contributed by atoms with Gasteiger partial charge in [0, 0.05) is 12.1 Å². The summed E-state index contributed by atoms with van der Waals surface area (Å²) in [5.41, 5.74) is 2.46. The Hall–Kier alpha value is -1.42. The molecular weight excluding hydrogens is 250 g/mol. The maximum atomic E-state index is 12.2. The molecular formula is C16H23N3O. The maximum absolute atomic E-state index is 12.2. The molecule has 2 aliphatic rings. The Morgan fingerprint density at radius 3 is 2.85 bits per heavy atom. The molecule has 0 spiro atoms. The lowest BCUT2D eigenvalue weighted by Crippen LogP contribution is -2.44. The molecule has 1 aromatic rings. The van der Waals surface area contributed by atoms with E-state index >= 15 is 0 Å². The van der Waals surface area contributed by atoms with Gasteiger partial charge in [-0.2, -0.15) is 0 Å². The molecule has 3 rings (SSSR count). The van der Waals surface area contributed by atoms with Gasteiger partial charge >= 0.3 is 0 Å². The number of nitrogens with zero attached hydrogens (tertiary/aromatic N) is 2. The van der Waals surface area contributed by atoms with Crippen molar-refractivity contribution in [3.05, 3.63) is 24.0 Å². The van der Waals surface area contributed by atoms with E-state index < -0.39 is 0 Å². The van der Waals surface area contributed by atoms with E-state index in [1.54, 1.807) is 6.92 Å². The minimum atomic E-state index is 0.0313. The first-order valence-corrected chi connectivity index (χ1v) is 7.52. The Kier molecular flexibility index (Phi) is 3.28. The summed E-state index contributed by atoms with van der Waals surface area (Å²) in [4.78, 5) is 18.7. The summed E-state index contributed by atoms with van der Waals surface area (Å²) in [6, 6.07) is 2.14. The van der Waals surface area contributed by atoms with Crippen molar-refractivity contribution in [1.29, 1.82) is 0 Å². The van der Waals surface area contributed by atoms with Crippen LogP contribution in [0.2, 0.25) is 0 Å². The van der Waals surface area contributed by atoms with Crippen molar-refractivity contribution in [2.24, 2.45) is 11.8 Å². The summed E-state index contributed by atoms with van der Waals surface area (Å²) in [5, 5.41) is 3.58. The van der Waals surface area contributed by atoms with Gasteiger partial charge < -0.3 is 5.32 Å². The molecule has 0 radical (unpaired) electrons. The number of hydrogen-bond donors (Lipinski definition) is 1. The molecule has 1 saturated heterocycles. The van der Waals surface area contributed by atoms with Gasteiger partial charge in [-0.1, -0.05) is 20.8 Å². The Morgan fingerprint density at radius 2 is 2.25 bits per heavy atom. The highest BCUT2D eigenvalue weighted by Gasteiger charge is 2.54. The maximum Gasteiger partial charge on any atom is 0.147 e. The van der Waals surface area contributed by atoms with Crippen molar-refractivity contribution < 1.29 is 4.79 Å². The number of rotatable bonds is 3. The van der Waals surface area contributed by atoms with E-state index in [4.69, 9.17) is 0 Å². The van der Waals surface area contributed by atoms with Gasteiger partial charge in [-0.25, -0.2) is 0 Å². The molecule has 4 unspecified atom stereocenters. The zero-order valence-corrected chi connectivity index (χ0v) is 12.6. The van der Waals surface area contributed by atoms with Gasteiger partial charge in [0.2, 0.25) is 0 Å². The number of pyridine rings is 1. The first kappa shape index (κ1) is 13.6. The molecule has 0 saturated carbocycles. The van der Waals surface area contributed by atoms with Gasteiger partial charge in [-0.05, 0) is 36.9 Å². The SMILES string of the molecule is CCN1C2Nc3cnccc3C2C(C(C)C)C1C(C)=O. The van der Waals surface area contributed by atoms with Gasteiger partial charge in [0.05, 0.1) is 24.1 Å². The van der Waals surface area contributed by atoms with E-state index in [0.717, 1.165) is 12.2 Å². The standard InChI is InChI=1S/C16H23N3O/c1-5-19-15(10(4)20)13(9(2)3)14-11-6-7-17-8-12(11)18-16(14)19/h6-9,13-16,18H,5H2,1-4H3. The number of ketones is 1. The van der Waals surface area contributed by atoms with Crippen LogP contribution in [0.25, 0.3) is 0 Å². The summed E-state index contributed by atoms with van der Waals surface area (Å²) >= 11 is 0. The lowest BCUT2D eigenvalue weighted by atomic mass is 9.77. The fraction of sp³-hybridized carbons (Fsp3) is 0.625. The van der Waals surface area contributed by atoms with E-state index in [1.807, 2.05) is 12.4 Å². The highest BCUT2D eigenvalue weighted by molar-refractivity contribution is 5.83. The van der Waals surface area contributed by atoms with Crippen molar-refractivity contribution >= 4 is 11.5 Å². The molecule has 4 atom stereocenters. The van der Waals surface area contributed by atoms with E-state index in [9.17, 15) is 4.79 Å². The molecule has 0 aliphatic carbocycles. The van der Waals surface area contributed by atoms with Crippen molar-refractivity contribution in [1.82, 2.24) is 9.88 Å². The number of likely N-dealkylation sites (N-methyl/N-ethyl adjacent to an activating group) is 1. The Morgan fingerprint density at radius 1 is 1.50 bits per heavy atom. The fourth-order valence-corrected chi connectivity index (χ4v) is 4.21. The van der Waals surface area contributed by atoms with Crippen LogP contribution in [0.3, 0.4) is 0 Å². The van der Waals surface area contributed by atoms with Crippen molar-refractivity contribution in [2.45, 2.75) is 45.8 Å². The number of likely N-dealkylation sites (tertiary alicyclic amines) is 1. The minimum absolute atomic E-state index is 0.0313. The molecule has 20 heavy (non-hydrogen) atoms. The second kappa shape index (κ2) is 4.85. The molecule has 3 heterocycles. The van der Waals surface area contributed by atoms with E-state index in [0.29, 0.717) is 17.8 Å². The van der Waals surface area contributed by atoms with E-state index in [2.05, 4.69) is 42.0 Å². The van der Waals surface area contributed by atoms with Crippen LogP contribution < -0.4 is 5.32 Å². The molecule has 4 heteroatoms. The number of aromatic nitrogens is 1. The van der Waals surface area contributed by atoms with Crippen LogP contribution in [-0.2, 0) is 4.79 Å².